The summed E-state index contributed by atoms with van der Waals surface area (Å²) in [6.07, 6.45) is -0.433. The zero-order valence-electron chi connectivity index (χ0n) is 44.5. The molecular weight excluding hydrogens is 927 g/mol. The number of amides is 3. The maximum absolute atomic E-state index is 14.8. The van der Waals surface area contributed by atoms with Crippen molar-refractivity contribution in [2.75, 3.05) is 41.5 Å². The van der Waals surface area contributed by atoms with Crippen molar-refractivity contribution in [1.82, 2.24) is 24.3 Å². The molecule has 10 atom stereocenters. The summed E-state index contributed by atoms with van der Waals surface area (Å²) in [4.78, 5) is 80.5. The number of nitrogens with zero attached hydrogens (tertiary/aromatic N) is 5. The number of Topliss-reactive ketones (excluding diaryl/α,β-unsaturated/α-hetero) is 2. The van der Waals surface area contributed by atoms with Gasteiger partial charge in [0.25, 0.3) is 0 Å². The minimum atomic E-state index is -0.835. The van der Waals surface area contributed by atoms with Gasteiger partial charge in [-0.05, 0) is 78.9 Å². The largest absolute Gasteiger partial charge is 0.448 e. The number of aromatic nitrogens is 2. The minimum Gasteiger partial charge on any atom is -0.448 e. The van der Waals surface area contributed by atoms with Gasteiger partial charge in [-0.2, -0.15) is 0 Å². The molecule has 0 bridgehead atoms. The highest BCUT2D eigenvalue weighted by Gasteiger charge is 2.44. The fourth-order valence-electron chi connectivity index (χ4n) is 10.00. The molecule has 0 aliphatic carbocycles. The second-order valence-corrected chi connectivity index (χ2v) is 23.6. The van der Waals surface area contributed by atoms with Crippen molar-refractivity contribution in [2.45, 2.75) is 154 Å². The van der Waals surface area contributed by atoms with E-state index in [2.05, 4.69) is 0 Å². The third-order valence-corrected chi connectivity index (χ3v) is 17.6. The Balaban J connectivity index is 1.42. The first-order chi connectivity index (χ1) is 33.0. The fourth-order valence-corrected chi connectivity index (χ4v) is 12.2. The normalized spacial score (nSPS) is 18.2. The summed E-state index contributed by atoms with van der Waals surface area (Å²) in [5.74, 6) is -2.76. The molecule has 1 saturated heterocycles. The van der Waals surface area contributed by atoms with Gasteiger partial charge in [-0.15, -0.1) is 0 Å². The van der Waals surface area contributed by atoms with Crippen LogP contribution >= 0.6 is 21.6 Å². The van der Waals surface area contributed by atoms with Crippen LogP contribution in [0.15, 0.2) is 59.8 Å². The lowest BCUT2D eigenvalue weighted by atomic mass is 9.83. The van der Waals surface area contributed by atoms with Crippen LogP contribution in [0.25, 0.3) is 11.0 Å². The zero-order chi connectivity index (χ0) is 52.2. The Labute approximate surface area is 426 Å². The molecule has 390 valence electrons. The smallest absolute Gasteiger partial charge is 0.410 e. The molecule has 1 N–H and O–H groups in total. The van der Waals surface area contributed by atoms with Crippen molar-refractivity contribution in [2.24, 2.45) is 42.6 Å². The van der Waals surface area contributed by atoms with Crippen molar-refractivity contribution in [3.63, 3.8) is 0 Å². The molecule has 1 aliphatic heterocycles. The quantitative estimate of drug-likeness (QED) is 0.0722. The Morgan fingerprint density at radius 3 is 2.07 bits per heavy atom. The van der Waals surface area contributed by atoms with E-state index in [1.54, 1.807) is 44.0 Å². The predicted octanol–water partition coefficient (Wildman–Crippen LogP) is 9.67. The van der Waals surface area contributed by atoms with Crippen LogP contribution < -0.4 is 0 Å². The second-order valence-electron chi connectivity index (χ2n) is 20.8. The van der Waals surface area contributed by atoms with E-state index >= 15 is 0 Å². The Kier molecular flexibility index (Phi) is 22.3. The third kappa shape index (κ3) is 14.8. The molecule has 1 aromatic heterocycles. The molecule has 0 spiro atoms. The van der Waals surface area contributed by atoms with Crippen molar-refractivity contribution in [3.8, 4) is 0 Å². The van der Waals surface area contributed by atoms with Gasteiger partial charge in [0.2, 0.25) is 11.8 Å². The summed E-state index contributed by atoms with van der Waals surface area (Å²) in [6.45, 7) is 20.0. The average molecular weight is 1010 g/mol. The number of imidazole rings is 1. The molecule has 16 heteroatoms. The SMILES string of the molecule is CC[C@H](C)[C@@H]([C@@H](CC(=O)N1CCC[C@H]1[C@H](OC)[C@@H](C)C(=O)C[C@H](C)[C@@H](O)c1ccccc1)OC)N(C)C(=O)[C@@H](CC(=O)[C@H](C(C)C)N(C)C(=O)OCC(C)(C)SSc1nc2ccccc2n1C)C(C)C. The van der Waals surface area contributed by atoms with E-state index in [0.717, 1.165) is 28.2 Å². The van der Waals surface area contributed by atoms with E-state index in [9.17, 15) is 29.1 Å². The van der Waals surface area contributed by atoms with Crippen LogP contribution in [0.1, 0.15) is 119 Å². The van der Waals surface area contributed by atoms with Crippen molar-refractivity contribution in [3.05, 3.63) is 60.2 Å². The summed E-state index contributed by atoms with van der Waals surface area (Å²) in [5, 5.41) is 11.8. The number of likely N-dealkylation sites (N-methyl/N-ethyl adjacent to an activating group) is 2. The van der Waals surface area contributed by atoms with Crippen molar-refractivity contribution < 1.29 is 43.3 Å². The minimum absolute atomic E-state index is 0.000357. The van der Waals surface area contributed by atoms with Gasteiger partial charge < -0.3 is 38.6 Å². The van der Waals surface area contributed by atoms with Gasteiger partial charge in [-0.25, -0.2) is 9.78 Å². The van der Waals surface area contributed by atoms with Crippen LogP contribution in [0.4, 0.5) is 4.79 Å². The lowest BCUT2D eigenvalue weighted by Gasteiger charge is -2.41. The van der Waals surface area contributed by atoms with Gasteiger partial charge in [0.05, 0.1) is 58.6 Å². The number of aliphatic hydroxyl groups excluding tert-OH is 1. The Bertz CT molecular complexity index is 2190. The molecule has 0 radical (unpaired) electrons. The van der Waals surface area contributed by atoms with Crippen LogP contribution in [0.2, 0.25) is 0 Å². The molecule has 0 saturated carbocycles. The number of ether oxygens (including phenoxy) is 3. The Morgan fingerprint density at radius 1 is 0.843 bits per heavy atom. The topological polar surface area (TPSA) is 161 Å². The lowest BCUT2D eigenvalue weighted by Crippen LogP contribution is -2.54. The van der Waals surface area contributed by atoms with Gasteiger partial charge in [-0.1, -0.05) is 115 Å². The predicted molar refractivity (Wildman–Crippen MR) is 280 cm³/mol. The molecule has 70 heavy (non-hydrogen) atoms. The molecule has 0 unspecified atom stereocenters. The highest BCUT2D eigenvalue weighted by molar-refractivity contribution is 8.77. The first-order valence-corrected chi connectivity index (χ1v) is 27.2. The summed E-state index contributed by atoms with van der Waals surface area (Å²) < 4.78 is 19.5. The second kappa shape index (κ2) is 26.7. The highest BCUT2D eigenvalue weighted by Crippen LogP contribution is 2.41. The van der Waals surface area contributed by atoms with E-state index in [1.807, 2.05) is 140 Å². The standard InChI is InChI=1S/C54H83N5O9S2/c1-16-35(6)48(45(66-14)31-46(62)59-28-22-27-42(59)50(67-15)37(8)43(60)29-36(7)49(63)38-23-18-17-19-24-38)57(12)51(64)39(33(2)3)30-44(61)47(34(4)5)58(13)53(65)68-32-54(9,10)70-69-52-55-40-25-20-21-26-41(40)56(52)11/h17-21,23-26,33-37,39,42,45,47-50,63H,16,22,27-32H2,1-15H3/t35-,36-,37-,39-,42-,45+,47-,48-,49+,50+/m0/s1. The third-order valence-electron chi connectivity index (χ3n) is 14.4. The number of methoxy groups -OCH3 is 2. The number of benzene rings is 2. The molecule has 1 aliphatic rings. The molecule has 3 aromatic rings. The first kappa shape index (κ1) is 58.6. The zero-order valence-corrected chi connectivity index (χ0v) is 46.2. The number of ketones is 2. The van der Waals surface area contributed by atoms with Crippen LogP contribution in [0.3, 0.4) is 0 Å². The molecule has 1 fully saturated rings. The summed E-state index contributed by atoms with van der Waals surface area (Å²) >= 11 is 0. The van der Waals surface area contributed by atoms with Crippen LogP contribution in [-0.4, -0.2) is 135 Å². The van der Waals surface area contributed by atoms with Gasteiger partial charge in [0.1, 0.15) is 12.4 Å². The molecule has 3 amide bonds. The number of aryl methyl sites for hydroxylation is 1. The maximum atomic E-state index is 14.8. The van der Waals surface area contributed by atoms with Gasteiger partial charge in [0, 0.05) is 66.6 Å². The Morgan fingerprint density at radius 2 is 1.49 bits per heavy atom. The molecule has 4 rings (SSSR count). The molecule has 14 nitrogen and oxygen atoms in total. The summed E-state index contributed by atoms with van der Waals surface area (Å²) in [5.41, 5.74) is 2.70. The number of hydrogen-bond donors (Lipinski definition) is 1. The lowest BCUT2D eigenvalue weighted by molar-refractivity contribution is -0.149. The average Bonchev–Trinajstić information content (AvgIpc) is 3.95. The molecular formula is C54H83N5O9S2. The number of rotatable bonds is 27. The summed E-state index contributed by atoms with van der Waals surface area (Å²) in [6, 6.07) is 15.6. The number of para-hydroxylation sites is 2. The number of fused-ring (bicyclic) bond motifs is 1. The summed E-state index contributed by atoms with van der Waals surface area (Å²) in [7, 11) is 11.5. The number of carbonyl (C=O) groups is 5. The number of aliphatic hydroxyl groups is 1. The number of likely N-dealkylation sites (tertiary alicyclic amines) is 1. The van der Waals surface area contributed by atoms with Crippen molar-refractivity contribution >= 4 is 62.1 Å². The monoisotopic (exact) mass is 1010 g/mol. The maximum Gasteiger partial charge on any atom is 0.410 e. The molecule has 2 heterocycles. The number of carbonyl (C=O) groups excluding carboxylic acids is 5. The van der Waals surface area contributed by atoms with E-state index in [-0.39, 0.29) is 79.0 Å². The van der Waals surface area contributed by atoms with Crippen LogP contribution in [-0.2, 0) is 40.4 Å². The van der Waals surface area contributed by atoms with Gasteiger partial charge in [-0.3, -0.25) is 19.2 Å². The first-order valence-electron chi connectivity index (χ1n) is 25.1. The van der Waals surface area contributed by atoms with E-state index in [4.69, 9.17) is 19.2 Å². The number of hydrogen-bond acceptors (Lipinski definition) is 12. The van der Waals surface area contributed by atoms with Gasteiger partial charge >= 0.3 is 6.09 Å². The van der Waals surface area contributed by atoms with E-state index < -0.39 is 53.1 Å². The highest BCUT2D eigenvalue weighted by atomic mass is 33.1. The van der Waals surface area contributed by atoms with Gasteiger partial charge in [0.15, 0.2) is 10.9 Å². The van der Waals surface area contributed by atoms with E-state index in [1.165, 1.54) is 15.7 Å². The van der Waals surface area contributed by atoms with Crippen LogP contribution in [0.5, 0.6) is 0 Å². The van der Waals surface area contributed by atoms with Crippen LogP contribution in [0, 0.1) is 35.5 Å². The van der Waals surface area contributed by atoms with E-state index in [0.29, 0.717) is 19.4 Å². The van der Waals surface area contributed by atoms with Crippen molar-refractivity contribution in [1.29, 1.82) is 0 Å². The fraction of sp³-hybridized carbons (Fsp3) is 0.667. The molecule has 2 aromatic carbocycles. The Hall–Kier alpha value is -3.96.